The summed E-state index contributed by atoms with van der Waals surface area (Å²) < 4.78 is 6.73. The van der Waals surface area contributed by atoms with Crippen LogP contribution in [0.1, 0.15) is 25.0 Å². The van der Waals surface area contributed by atoms with E-state index in [2.05, 4.69) is 27.9 Å². The molecule has 1 N–H and O–H groups in total. The van der Waals surface area contributed by atoms with Crippen molar-refractivity contribution in [1.29, 1.82) is 0 Å². The molecular weight excluding hydrogens is 455 g/mol. The van der Waals surface area contributed by atoms with Crippen LogP contribution in [0.5, 0.6) is 5.75 Å². The van der Waals surface area contributed by atoms with Crippen LogP contribution < -0.4 is 10.1 Å². The van der Waals surface area contributed by atoms with Crippen LogP contribution in [0.15, 0.2) is 48.5 Å². The van der Waals surface area contributed by atoms with Gasteiger partial charge >= 0.3 is 0 Å². The minimum atomic E-state index is -0.586. The number of nitrogens with zero attached hydrogens (tertiary/aromatic N) is 1. The van der Waals surface area contributed by atoms with Gasteiger partial charge < -0.3 is 15.0 Å². The molecule has 0 fully saturated rings. The van der Waals surface area contributed by atoms with Gasteiger partial charge in [0.1, 0.15) is 11.8 Å². The molecule has 27 heavy (non-hydrogen) atoms. The van der Waals surface area contributed by atoms with Gasteiger partial charge in [-0.05, 0) is 78.8 Å². The molecule has 0 aliphatic rings. The first-order chi connectivity index (χ1) is 12.9. The molecule has 2 amide bonds. The van der Waals surface area contributed by atoms with E-state index in [4.69, 9.17) is 4.74 Å². The van der Waals surface area contributed by atoms with Crippen molar-refractivity contribution in [2.45, 2.75) is 33.4 Å². The lowest BCUT2D eigenvalue weighted by Crippen LogP contribution is -2.49. The smallest absolute Gasteiger partial charge is 0.261 e. The Balaban J connectivity index is 2.14. The average Bonchev–Trinajstić information content (AvgIpc) is 2.66. The minimum Gasteiger partial charge on any atom is -0.484 e. The number of hydrogen-bond acceptors (Lipinski definition) is 3. The third-order valence-corrected chi connectivity index (χ3v) is 5.02. The van der Waals surface area contributed by atoms with E-state index in [0.29, 0.717) is 18.8 Å². The predicted octanol–water partition coefficient (Wildman–Crippen LogP) is 3.53. The predicted molar refractivity (Wildman–Crippen MR) is 115 cm³/mol. The standard InChI is InChI=1S/C21H25IN2O3/c1-4-23-21(26)16(3)24(13-17-8-6-5-7-15(17)2)20(25)14-27-19-11-9-18(22)10-12-19/h5-12,16H,4,13-14H2,1-3H3,(H,23,26)/t16-/m0/s1. The summed E-state index contributed by atoms with van der Waals surface area (Å²) in [7, 11) is 0. The summed E-state index contributed by atoms with van der Waals surface area (Å²) in [6.45, 7) is 6.37. The number of halogens is 1. The van der Waals surface area contributed by atoms with Gasteiger partial charge in [0.05, 0.1) is 0 Å². The zero-order valence-corrected chi connectivity index (χ0v) is 18.0. The largest absolute Gasteiger partial charge is 0.484 e. The van der Waals surface area contributed by atoms with Crippen LogP contribution in [0.2, 0.25) is 0 Å². The van der Waals surface area contributed by atoms with Crippen molar-refractivity contribution in [3.05, 3.63) is 63.2 Å². The molecule has 0 heterocycles. The van der Waals surface area contributed by atoms with Gasteiger partial charge in [-0.1, -0.05) is 24.3 Å². The number of rotatable bonds is 8. The van der Waals surface area contributed by atoms with E-state index in [1.54, 1.807) is 11.8 Å². The molecule has 0 bridgehead atoms. The van der Waals surface area contributed by atoms with Crippen molar-refractivity contribution in [3.63, 3.8) is 0 Å². The van der Waals surface area contributed by atoms with Crippen molar-refractivity contribution in [2.75, 3.05) is 13.2 Å². The van der Waals surface area contributed by atoms with Gasteiger partial charge in [-0.2, -0.15) is 0 Å². The fourth-order valence-electron chi connectivity index (χ4n) is 2.63. The van der Waals surface area contributed by atoms with Gasteiger partial charge in [0.25, 0.3) is 5.91 Å². The number of likely N-dealkylation sites (N-methyl/N-ethyl adjacent to an activating group) is 1. The summed E-state index contributed by atoms with van der Waals surface area (Å²) in [4.78, 5) is 26.8. The highest BCUT2D eigenvalue weighted by atomic mass is 127. The third-order valence-electron chi connectivity index (χ3n) is 4.30. The van der Waals surface area contributed by atoms with Gasteiger partial charge in [0, 0.05) is 16.7 Å². The molecule has 2 rings (SSSR count). The molecule has 144 valence electrons. The Morgan fingerprint density at radius 3 is 2.44 bits per heavy atom. The van der Waals surface area contributed by atoms with Gasteiger partial charge in [-0.3, -0.25) is 9.59 Å². The van der Waals surface area contributed by atoms with Crippen LogP contribution in [0.25, 0.3) is 0 Å². The lowest BCUT2D eigenvalue weighted by Gasteiger charge is -2.29. The molecule has 0 spiro atoms. The van der Waals surface area contributed by atoms with Gasteiger partial charge in [-0.15, -0.1) is 0 Å². The summed E-state index contributed by atoms with van der Waals surface area (Å²) in [5, 5.41) is 2.79. The molecule has 1 atom stereocenters. The first-order valence-corrected chi connectivity index (χ1v) is 10.00. The number of carbonyl (C=O) groups excluding carboxylic acids is 2. The Kier molecular flexibility index (Phi) is 8.09. The van der Waals surface area contributed by atoms with Crippen molar-refractivity contribution >= 4 is 34.4 Å². The number of amides is 2. The minimum absolute atomic E-state index is 0.115. The maximum atomic E-state index is 12.9. The Hall–Kier alpha value is -2.09. The van der Waals surface area contributed by atoms with Crippen LogP contribution in [0.3, 0.4) is 0 Å². The average molecular weight is 480 g/mol. The summed E-state index contributed by atoms with van der Waals surface area (Å²) in [6, 6.07) is 14.8. The first kappa shape index (κ1) is 21.2. The summed E-state index contributed by atoms with van der Waals surface area (Å²) in [6.07, 6.45) is 0. The highest BCUT2D eigenvalue weighted by Gasteiger charge is 2.26. The molecule has 0 aromatic heterocycles. The second-order valence-corrected chi connectivity index (χ2v) is 7.51. The molecule has 0 radical (unpaired) electrons. The fourth-order valence-corrected chi connectivity index (χ4v) is 2.99. The zero-order chi connectivity index (χ0) is 19.8. The Bertz CT molecular complexity index is 777. The lowest BCUT2D eigenvalue weighted by molar-refractivity contribution is -0.142. The molecule has 2 aromatic carbocycles. The number of hydrogen-bond donors (Lipinski definition) is 1. The van der Waals surface area contributed by atoms with Crippen LogP contribution in [0, 0.1) is 10.5 Å². The molecular formula is C21H25IN2O3. The molecule has 2 aromatic rings. The monoisotopic (exact) mass is 480 g/mol. The van der Waals surface area contributed by atoms with Crippen LogP contribution in [-0.2, 0) is 16.1 Å². The molecule has 6 heteroatoms. The van der Waals surface area contributed by atoms with E-state index < -0.39 is 6.04 Å². The van der Waals surface area contributed by atoms with Crippen molar-refractivity contribution in [2.24, 2.45) is 0 Å². The maximum Gasteiger partial charge on any atom is 0.261 e. The second kappa shape index (κ2) is 10.3. The van der Waals surface area contributed by atoms with E-state index in [1.807, 2.05) is 62.4 Å². The number of aryl methyl sites for hydroxylation is 1. The van der Waals surface area contributed by atoms with E-state index >= 15 is 0 Å². The van der Waals surface area contributed by atoms with Crippen LogP contribution in [0.4, 0.5) is 0 Å². The number of ether oxygens (including phenoxy) is 1. The highest BCUT2D eigenvalue weighted by molar-refractivity contribution is 14.1. The van der Waals surface area contributed by atoms with E-state index in [1.165, 1.54) is 0 Å². The second-order valence-electron chi connectivity index (χ2n) is 6.26. The molecule has 0 aliphatic carbocycles. The normalized spacial score (nSPS) is 11.6. The van der Waals surface area contributed by atoms with Gasteiger partial charge in [0.2, 0.25) is 5.91 Å². The molecule has 0 saturated heterocycles. The van der Waals surface area contributed by atoms with E-state index in [9.17, 15) is 9.59 Å². The Labute approximate surface area is 174 Å². The van der Waals surface area contributed by atoms with Crippen LogP contribution >= 0.6 is 22.6 Å². The topological polar surface area (TPSA) is 58.6 Å². The van der Waals surface area contributed by atoms with Gasteiger partial charge in [-0.25, -0.2) is 0 Å². The number of nitrogens with one attached hydrogen (secondary N) is 1. The Morgan fingerprint density at radius 2 is 1.81 bits per heavy atom. The zero-order valence-electron chi connectivity index (χ0n) is 15.9. The maximum absolute atomic E-state index is 12.9. The number of carbonyl (C=O) groups is 2. The lowest BCUT2D eigenvalue weighted by atomic mass is 10.1. The third kappa shape index (κ3) is 6.23. The molecule has 0 aliphatic heterocycles. The first-order valence-electron chi connectivity index (χ1n) is 8.92. The van der Waals surface area contributed by atoms with Gasteiger partial charge in [0.15, 0.2) is 6.61 Å². The quantitative estimate of drug-likeness (QED) is 0.589. The van der Waals surface area contributed by atoms with Crippen molar-refractivity contribution < 1.29 is 14.3 Å². The highest BCUT2D eigenvalue weighted by Crippen LogP contribution is 2.16. The molecule has 0 unspecified atom stereocenters. The van der Waals surface area contributed by atoms with Crippen LogP contribution in [-0.4, -0.2) is 35.9 Å². The van der Waals surface area contributed by atoms with Crippen molar-refractivity contribution in [1.82, 2.24) is 10.2 Å². The van der Waals surface area contributed by atoms with E-state index in [0.717, 1.165) is 14.7 Å². The fraction of sp³-hybridized carbons (Fsp3) is 0.333. The van der Waals surface area contributed by atoms with Crippen molar-refractivity contribution in [3.8, 4) is 5.75 Å². The molecule has 0 saturated carbocycles. The summed E-state index contributed by atoms with van der Waals surface area (Å²) >= 11 is 2.21. The molecule has 5 nitrogen and oxygen atoms in total. The number of benzene rings is 2. The SMILES string of the molecule is CCNC(=O)[C@H](C)N(Cc1ccccc1C)C(=O)COc1ccc(I)cc1. The summed E-state index contributed by atoms with van der Waals surface area (Å²) in [5.74, 6) is 0.231. The Morgan fingerprint density at radius 1 is 1.15 bits per heavy atom. The summed E-state index contributed by atoms with van der Waals surface area (Å²) in [5.41, 5.74) is 2.09. The van der Waals surface area contributed by atoms with E-state index in [-0.39, 0.29) is 18.4 Å².